The van der Waals surface area contributed by atoms with Gasteiger partial charge in [-0.2, -0.15) is 14.6 Å². The SMILES string of the molecule is Cn1nc(N2CCC(=O)NC2=O)c2ccc(C3CCN(CC(=O)N4CCN(c5ccc(C(=CC6CC(C)(C)OC(C)(C)C6)c6ccc7n[nH]c(F)c7c6)cn5)CC4)CC3(F)F)cc21. The number of hydrogen-bond donors (Lipinski definition) is 2. The highest BCUT2D eigenvalue weighted by Gasteiger charge is 2.46. The van der Waals surface area contributed by atoms with Crippen LogP contribution in [0.2, 0.25) is 0 Å². The molecule has 4 fully saturated rings. The fourth-order valence-electron chi connectivity index (χ4n) is 10.2. The summed E-state index contributed by atoms with van der Waals surface area (Å²) >= 11 is 0. The van der Waals surface area contributed by atoms with Crippen LogP contribution in [0.25, 0.3) is 27.4 Å². The monoisotopic (exact) mass is 866 g/mol. The lowest BCUT2D eigenvalue weighted by molar-refractivity contribution is -0.166. The van der Waals surface area contributed by atoms with E-state index in [9.17, 15) is 18.8 Å². The molecule has 63 heavy (non-hydrogen) atoms. The zero-order valence-corrected chi connectivity index (χ0v) is 36.3. The summed E-state index contributed by atoms with van der Waals surface area (Å²) in [6, 6.07) is 14.1. The number of amides is 4. The number of anilines is 2. The summed E-state index contributed by atoms with van der Waals surface area (Å²) in [7, 11) is 1.70. The van der Waals surface area contributed by atoms with Crippen LogP contribution in [0.15, 0.2) is 60.8 Å². The van der Waals surface area contributed by atoms with Gasteiger partial charge < -0.3 is 14.5 Å². The van der Waals surface area contributed by atoms with E-state index >= 15 is 8.78 Å². The van der Waals surface area contributed by atoms with Crippen molar-refractivity contribution in [2.45, 2.75) is 76.4 Å². The quantitative estimate of drug-likeness (QED) is 0.176. The number of piperidine rings is 1. The molecule has 4 aliphatic rings. The number of hydrogen-bond acceptors (Lipinski definition) is 9. The van der Waals surface area contributed by atoms with E-state index < -0.39 is 30.4 Å². The molecule has 0 saturated carbocycles. The number of carbonyl (C=O) groups is 3. The fourth-order valence-corrected chi connectivity index (χ4v) is 10.2. The summed E-state index contributed by atoms with van der Waals surface area (Å²) in [4.78, 5) is 49.4. The summed E-state index contributed by atoms with van der Waals surface area (Å²) in [6.07, 6.45) is 6.09. The van der Waals surface area contributed by atoms with Gasteiger partial charge in [-0.25, -0.2) is 18.6 Å². The number of allylic oxidation sites excluding steroid dienone is 1. The smallest absolute Gasteiger partial charge is 0.329 e. The van der Waals surface area contributed by atoms with Crippen LogP contribution in [0, 0.1) is 11.9 Å². The molecule has 0 bridgehead atoms. The lowest BCUT2D eigenvalue weighted by Crippen LogP contribution is -2.54. The van der Waals surface area contributed by atoms with Gasteiger partial charge in [0, 0.05) is 63.3 Å². The molecule has 0 spiro atoms. The molecule has 2 N–H and O–H groups in total. The van der Waals surface area contributed by atoms with Crippen molar-refractivity contribution in [2.75, 3.05) is 62.2 Å². The number of aromatic nitrogens is 5. The zero-order valence-electron chi connectivity index (χ0n) is 36.3. The van der Waals surface area contributed by atoms with Crippen molar-refractivity contribution in [3.63, 3.8) is 0 Å². The number of benzene rings is 2. The molecule has 1 unspecified atom stereocenters. The van der Waals surface area contributed by atoms with E-state index in [0.717, 1.165) is 35.4 Å². The van der Waals surface area contributed by atoms with Crippen LogP contribution in [0.3, 0.4) is 0 Å². The second-order valence-corrected chi connectivity index (χ2v) is 18.7. The molecular weight excluding hydrogens is 814 g/mol. The number of urea groups is 1. The van der Waals surface area contributed by atoms with Crippen LogP contribution in [-0.2, 0) is 21.4 Å². The van der Waals surface area contributed by atoms with Gasteiger partial charge in [-0.3, -0.25) is 34.5 Å². The number of piperazine rings is 1. The summed E-state index contributed by atoms with van der Waals surface area (Å²) < 4.78 is 54.4. The van der Waals surface area contributed by atoms with Crippen LogP contribution in [0.4, 0.5) is 29.6 Å². The van der Waals surface area contributed by atoms with Crippen LogP contribution in [-0.4, -0.2) is 122 Å². The number of pyridine rings is 1. The van der Waals surface area contributed by atoms with Gasteiger partial charge in [0.25, 0.3) is 5.92 Å². The average molecular weight is 867 g/mol. The van der Waals surface area contributed by atoms with Crippen molar-refractivity contribution < 1.29 is 32.3 Å². The van der Waals surface area contributed by atoms with Gasteiger partial charge >= 0.3 is 6.03 Å². The van der Waals surface area contributed by atoms with Gasteiger partial charge in [-0.15, -0.1) is 0 Å². The van der Waals surface area contributed by atoms with E-state index in [4.69, 9.17) is 9.72 Å². The number of likely N-dealkylation sites (tertiary alicyclic amines) is 1. The molecule has 9 rings (SSSR count). The molecule has 0 aliphatic carbocycles. The number of H-pyrrole nitrogens is 1. The molecule has 7 heterocycles. The van der Waals surface area contributed by atoms with E-state index in [-0.39, 0.29) is 54.9 Å². The Labute approximate surface area is 363 Å². The number of ether oxygens (including phenoxy) is 1. The summed E-state index contributed by atoms with van der Waals surface area (Å²) in [5.74, 6) is -3.81. The Bertz CT molecular complexity index is 2600. The molecule has 14 nitrogen and oxygen atoms in total. The van der Waals surface area contributed by atoms with Crippen LogP contribution in [0.1, 0.15) is 76.0 Å². The first kappa shape index (κ1) is 42.5. The Morgan fingerprint density at radius 1 is 0.921 bits per heavy atom. The highest BCUT2D eigenvalue weighted by molar-refractivity contribution is 6.08. The maximum atomic E-state index is 15.9. The number of carbonyl (C=O) groups excluding carboxylic acids is 3. The van der Waals surface area contributed by atoms with Crippen molar-refractivity contribution >= 4 is 56.9 Å². The van der Waals surface area contributed by atoms with Gasteiger partial charge in [0.2, 0.25) is 17.8 Å². The number of halogens is 3. The second-order valence-electron chi connectivity index (χ2n) is 18.7. The molecule has 332 valence electrons. The number of imide groups is 1. The molecule has 3 aromatic heterocycles. The first-order chi connectivity index (χ1) is 29.9. The highest BCUT2D eigenvalue weighted by Crippen LogP contribution is 2.43. The molecule has 5 aromatic rings. The number of aryl methyl sites for hydroxylation is 1. The van der Waals surface area contributed by atoms with E-state index in [2.05, 4.69) is 59.3 Å². The van der Waals surface area contributed by atoms with Crippen molar-refractivity contribution in [2.24, 2.45) is 13.0 Å². The number of nitrogens with one attached hydrogen (secondary N) is 2. The Hall–Kier alpha value is -5.81. The van der Waals surface area contributed by atoms with Gasteiger partial charge in [0.15, 0.2) is 5.82 Å². The average Bonchev–Trinajstić information content (AvgIpc) is 3.76. The third-order valence-corrected chi connectivity index (χ3v) is 12.9. The number of alkyl halides is 2. The highest BCUT2D eigenvalue weighted by atomic mass is 19.3. The number of rotatable bonds is 8. The predicted octanol–water partition coefficient (Wildman–Crippen LogP) is 6.62. The third kappa shape index (κ3) is 8.64. The Morgan fingerprint density at radius 2 is 1.67 bits per heavy atom. The normalized spacial score (nSPS) is 22.3. The first-order valence-electron chi connectivity index (χ1n) is 21.7. The zero-order chi connectivity index (χ0) is 44.4. The van der Waals surface area contributed by atoms with Crippen LogP contribution in [0.5, 0.6) is 0 Å². The maximum Gasteiger partial charge on any atom is 0.329 e. The van der Waals surface area contributed by atoms with Gasteiger partial charge in [-0.05, 0) is 113 Å². The number of nitrogens with zero attached hydrogens (tertiary/aromatic N) is 8. The predicted molar refractivity (Wildman–Crippen MR) is 233 cm³/mol. The lowest BCUT2D eigenvalue weighted by atomic mass is 9.79. The second kappa shape index (κ2) is 16.1. The molecule has 4 amide bonds. The molecule has 4 aliphatic heterocycles. The molecular formula is C46H53F3N10O4. The fraction of sp³-hybridized carbons (Fsp3) is 0.478. The molecule has 4 saturated heterocycles. The third-order valence-electron chi connectivity index (χ3n) is 12.9. The summed E-state index contributed by atoms with van der Waals surface area (Å²) in [6.45, 7) is 10.3. The first-order valence-corrected chi connectivity index (χ1v) is 21.7. The summed E-state index contributed by atoms with van der Waals surface area (Å²) in [5, 5.41) is 14.3. The van der Waals surface area contributed by atoms with Gasteiger partial charge in [0.05, 0.1) is 46.6 Å². The van der Waals surface area contributed by atoms with E-state index in [1.54, 1.807) is 39.7 Å². The van der Waals surface area contributed by atoms with E-state index in [0.29, 0.717) is 65.9 Å². The molecule has 17 heteroatoms. The Kier molecular flexibility index (Phi) is 10.8. The van der Waals surface area contributed by atoms with Gasteiger partial charge in [0.1, 0.15) is 5.82 Å². The van der Waals surface area contributed by atoms with Crippen molar-refractivity contribution in [1.29, 1.82) is 0 Å². The van der Waals surface area contributed by atoms with Crippen LogP contribution >= 0.6 is 0 Å². The largest absolute Gasteiger partial charge is 0.370 e. The van der Waals surface area contributed by atoms with Crippen molar-refractivity contribution in [1.82, 2.24) is 40.1 Å². The Balaban J connectivity index is 0.829. The molecule has 0 radical (unpaired) electrons. The minimum Gasteiger partial charge on any atom is -0.370 e. The lowest BCUT2D eigenvalue weighted by Gasteiger charge is -2.45. The van der Waals surface area contributed by atoms with E-state index in [1.807, 2.05) is 36.5 Å². The molecule has 1 atom stereocenters. The molecule has 2 aromatic carbocycles. The number of fused-ring (bicyclic) bond motifs is 2. The number of aromatic amines is 1. The summed E-state index contributed by atoms with van der Waals surface area (Å²) in [5.41, 5.74) is 3.71. The Morgan fingerprint density at radius 3 is 2.37 bits per heavy atom. The van der Waals surface area contributed by atoms with Gasteiger partial charge in [-0.1, -0.05) is 18.2 Å². The minimum atomic E-state index is -3.09. The maximum absolute atomic E-state index is 15.9. The minimum absolute atomic E-state index is 0.0924. The standard InChI is InChI=1S/C46H53F3N10O4/c1-44(2)23-28(24-45(3,4)63-44)20-33(29-7-10-36-34(21-29)41(47)53-52-36)31-8-11-38(50-25-31)57-16-18-58(19-17-57)40(61)26-56-14-12-35(46(48,49)27-56)30-6-9-32-37(22-30)55(5)54-42(32)59-15-13-39(60)51-43(59)62/h6-11,20-22,25,28,35H,12-19,23-24,26-27H2,1-5H3,(H,52,53)(H,51,60,62). The van der Waals surface area contributed by atoms with Crippen molar-refractivity contribution in [3.8, 4) is 0 Å². The van der Waals surface area contributed by atoms with E-state index in [1.165, 1.54) is 4.90 Å². The van der Waals surface area contributed by atoms with Crippen molar-refractivity contribution in [3.05, 3.63) is 83.4 Å². The van der Waals surface area contributed by atoms with Crippen LogP contribution < -0.4 is 15.1 Å². The topological polar surface area (TPSA) is 145 Å².